The Morgan fingerprint density at radius 1 is 1.02 bits per heavy atom. The molecule has 3 rings (SSSR count). The monoisotopic (exact) mass is 639 g/mol. The molecule has 0 radical (unpaired) electrons. The number of hydrogen-bond donors (Lipinski definition) is 4. The number of aldehydes is 1. The van der Waals surface area contributed by atoms with E-state index < -0.39 is 10.9 Å². The lowest BCUT2D eigenvalue weighted by Gasteiger charge is -2.31. The lowest BCUT2D eigenvalue weighted by atomic mass is 9.81. The summed E-state index contributed by atoms with van der Waals surface area (Å²) >= 11 is 12.0. The molecule has 1 aliphatic heterocycles. The molecule has 2 saturated carbocycles. The maximum Gasteiger partial charge on any atom is 0.243 e. The van der Waals surface area contributed by atoms with Crippen LogP contribution in [0.4, 0.5) is 0 Å². The minimum absolute atomic E-state index is 0.0988. The molecule has 3 aliphatic rings. The average Bonchev–Trinajstić information content (AvgIpc) is 3.36. The van der Waals surface area contributed by atoms with Crippen LogP contribution in [0.25, 0.3) is 0 Å². The summed E-state index contributed by atoms with van der Waals surface area (Å²) in [6, 6.07) is 0.127. The Bertz CT molecular complexity index is 709. The topological polar surface area (TPSA) is 179 Å². The highest BCUT2D eigenvalue weighted by atomic mass is 35.5. The molecule has 12 heteroatoms. The number of carbonyl (C=O) groups is 5. The molecule has 2 aliphatic carbocycles. The van der Waals surface area contributed by atoms with Gasteiger partial charge >= 0.3 is 0 Å². The van der Waals surface area contributed by atoms with Gasteiger partial charge in [0, 0.05) is 31.5 Å². The fraction of sp³-hybridized carbons (Fsp3) is 0.833. The number of primary amides is 1. The van der Waals surface area contributed by atoms with Crippen molar-refractivity contribution in [2.24, 2.45) is 34.5 Å². The van der Waals surface area contributed by atoms with Crippen LogP contribution < -0.4 is 22.5 Å². The Morgan fingerprint density at radius 2 is 1.48 bits per heavy atom. The zero-order valence-corrected chi connectivity index (χ0v) is 28.3. The van der Waals surface area contributed by atoms with Crippen LogP contribution >= 0.6 is 23.2 Å². The maximum absolute atomic E-state index is 12.6. The number of nitrogens with two attached hydrogens (primary N) is 3. The quantitative estimate of drug-likeness (QED) is 0.258. The van der Waals surface area contributed by atoms with E-state index in [2.05, 4.69) is 31.8 Å². The molecule has 42 heavy (non-hydrogen) atoms. The minimum atomic E-state index is -0.632. The third-order valence-corrected chi connectivity index (χ3v) is 7.65. The fourth-order valence-corrected chi connectivity index (χ4v) is 5.05. The van der Waals surface area contributed by atoms with E-state index in [1.54, 1.807) is 4.90 Å². The second kappa shape index (κ2) is 26.8. The lowest BCUT2D eigenvalue weighted by Crippen LogP contribution is -2.51. The van der Waals surface area contributed by atoms with Crippen molar-refractivity contribution in [2.75, 3.05) is 13.1 Å². The summed E-state index contributed by atoms with van der Waals surface area (Å²) < 4.78 is 0. The molecule has 10 nitrogen and oxygen atoms in total. The van der Waals surface area contributed by atoms with Crippen LogP contribution in [0.1, 0.15) is 106 Å². The van der Waals surface area contributed by atoms with Crippen LogP contribution in [0, 0.1) is 17.3 Å². The van der Waals surface area contributed by atoms with E-state index in [4.69, 9.17) is 49.1 Å². The summed E-state index contributed by atoms with van der Waals surface area (Å²) in [4.78, 5) is 50.6. The van der Waals surface area contributed by atoms with E-state index in [-0.39, 0.29) is 30.2 Å². The van der Waals surface area contributed by atoms with Gasteiger partial charge in [-0.2, -0.15) is 0 Å². The number of alkyl halides is 2. The number of amides is 3. The number of halogens is 2. The van der Waals surface area contributed by atoms with Crippen LogP contribution in [0.2, 0.25) is 0 Å². The fourth-order valence-electron chi connectivity index (χ4n) is 4.52. The van der Waals surface area contributed by atoms with Crippen LogP contribution in [0.3, 0.4) is 0 Å². The molecule has 0 bridgehead atoms. The van der Waals surface area contributed by atoms with Gasteiger partial charge in [0.15, 0.2) is 0 Å². The normalized spacial score (nSPS) is 20.4. The van der Waals surface area contributed by atoms with Crippen molar-refractivity contribution in [3.05, 3.63) is 0 Å². The average molecular weight is 641 g/mol. The summed E-state index contributed by atoms with van der Waals surface area (Å²) in [5, 5.41) is 3.04. The number of nitrogens with zero attached hydrogens (tertiary/aromatic N) is 1. The van der Waals surface area contributed by atoms with Gasteiger partial charge in [0.2, 0.25) is 18.2 Å². The molecule has 3 amide bonds. The second-order valence-corrected chi connectivity index (χ2v) is 13.1. The van der Waals surface area contributed by atoms with E-state index in [0.29, 0.717) is 24.4 Å². The molecule has 0 aromatic rings. The van der Waals surface area contributed by atoms with Gasteiger partial charge < -0.3 is 37.0 Å². The number of carbonyl (C=O) groups excluding carboxylic acids is 5. The highest BCUT2D eigenvalue weighted by molar-refractivity contribution is 6.44. The predicted octanol–water partition coefficient (Wildman–Crippen LogP) is 4.11. The van der Waals surface area contributed by atoms with Crippen LogP contribution in [0.5, 0.6) is 0 Å². The molecular formula is C30H59Cl2N5O5. The number of likely N-dealkylation sites (tertiary alicyclic amines) is 1. The SMILES string of the molecule is C=O.CC(=O)N1CCC(C(Cl)Cl)C1C(=O)NC(C)CC1CCC1.CC(C)(C)CN.CC=O.NC1CCCCC1.NC=O. The van der Waals surface area contributed by atoms with E-state index in [1.807, 2.05) is 13.7 Å². The van der Waals surface area contributed by atoms with Crippen LogP contribution in [0.15, 0.2) is 0 Å². The third kappa shape index (κ3) is 22.8. The van der Waals surface area contributed by atoms with Gasteiger partial charge in [-0.05, 0) is 57.4 Å². The Morgan fingerprint density at radius 3 is 1.76 bits per heavy atom. The molecule has 0 spiro atoms. The zero-order valence-electron chi connectivity index (χ0n) is 26.8. The summed E-state index contributed by atoms with van der Waals surface area (Å²) in [5.41, 5.74) is 15.4. The molecule has 3 atom stereocenters. The Kier molecular flexibility index (Phi) is 28.6. The van der Waals surface area contributed by atoms with Gasteiger partial charge in [-0.25, -0.2) is 0 Å². The smallest absolute Gasteiger partial charge is 0.243 e. The van der Waals surface area contributed by atoms with Gasteiger partial charge in [-0.3, -0.25) is 14.4 Å². The highest BCUT2D eigenvalue weighted by Crippen LogP contribution is 2.33. The number of nitrogens with one attached hydrogen (secondary N) is 1. The van der Waals surface area contributed by atoms with E-state index >= 15 is 0 Å². The predicted molar refractivity (Wildman–Crippen MR) is 173 cm³/mol. The Balaban J connectivity index is -0.000000590. The van der Waals surface area contributed by atoms with Crippen molar-refractivity contribution >= 4 is 54.5 Å². The number of rotatable bonds is 5. The van der Waals surface area contributed by atoms with Crippen molar-refractivity contribution in [1.82, 2.24) is 10.2 Å². The van der Waals surface area contributed by atoms with Gasteiger partial charge in [0.1, 0.15) is 24.0 Å². The standard InChI is InChI=1S/C15H24Cl2N2O2.C6H13N.C5H13N.C2H4O.CH3NO.CH2O/c1-9(8-11-4-3-5-11)18-15(21)13-12(14(16)17)6-7-19(13)10(2)20;7-6-4-2-1-3-5-6;1-5(2,3)4-6;1-2-3;2-1-3;1-2/h9,11-14H,3-8H2,1-2H3,(H,18,21);6H,1-5,7H2;4,6H2,1-3H3;2H,1H3;1H,(H2,2,3);1H2. The second-order valence-electron chi connectivity index (χ2n) is 11.9. The summed E-state index contributed by atoms with van der Waals surface area (Å²) in [7, 11) is 0. The minimum Gasteiger partial charge on any atom is -0.372 e. The van der Waals surface area contributed by atoms with Crippen molar-refractivity contribution in [3.63, 3.8) is 0 Å². The van der Waals surface area contributed by atoms with E-state index in [9.17, 15) is 9.59 Å². The maximum atomic E-state index is 12.6. The third-order valence-electron chi connectivity index (χ3n) is 7.00. The molecule has 248 valence electrons. The molecule has 0 aromatic carbocycles. The van der Waals surface area contributed by atoms with Gasteiger partial charge in [-0.1, -0.05) is 59.3 Å². The first-order chi connectivity index (χ1) is 19.7. The molecule has 3 unspecified atom stereocenters. The first kappa shape index (κ1) is 44.7. The summed E-state index contributed by atoms with van der Waals surface area (Å²) in [6.07, 6.45) is 13.2. The first-order valence-corrected chi connectivity index (χ1v) is 15.7. The van der Waals surface area contributed by atoms with Gasteiger partial charge in [0.05, 0.1) is 0 Å². The van der Waals surface area contributed by atoms with Gasteiger partial charge in [-0.15, -0.1) is 23.2 Å². The van der Waals surface area contributed by atoms with Gasteiger partial charge in [0.25, 0.3) is 0 Å². The molecule has 0 aromatic heterocycles. The van der Waals surface area contributed by atoms with Crippen molar-refractivity contribution in [3.8, 4) is 0 Å². The summed E-state index contributed by atoms with van der Waals surface area (Å²) in [5.74, 6) is 0.328. The van der Waals surface area contributed by atoms with E-state index in [1.165, 1.54) is 65.2 Å². The lowest BCUT2D eigenvalue weighted by molar-refractivity contribution is -0.138. The van der Waals surface area contributed by atoms with Crippen LogP contribution in [-0.4, -0.2) is 72.3 Å². The molecular weight excluding hydrogens is 581 g/mol. The van der Waals surface area contributed by atoms with E-state index in [0.717, 1.165) is 25.2 Å². The molecule has 3 fully saturated rings. The van der Waals surface area contributed by atoms with Crippen molar-refractivity contribution in [2.45, 2.75) is 129 Å². The van der Waals surface area contributed by atoms with Crippen molar-refractivity contribution < 1.29 is 24.0 Å². The van der Waals surface area contributed by atoms with Crippen molar-refractivity contribution in [1.29, 1.82) is 0 Å². The largest absolute Gasteiger partial charge is 0.372 e. The number of hydrogen-bond acceptors (Lipinski definition) is 7. The zero-order chi connectivity index (χ0) is 33.3. The Labute approximate surface area is 264 Å². The molecule has 1 saturated heterocycles. The summed E-state index contributed by atoms with van der Waals surface area (Å²) in [6.45, 7) is 14.6. The Hall–Kier alpha value is -1.75. The van der Waals surface area contributed by atoms with Crippen LogP contribution in [-0.2, 0) is 24.0 Å². The first-order valence-electron chi connectivity index (χ1n) is 14.8. The highest BCUT2D eigenvalue weighted by Gasteiger charge is 2.43. The molecule has 1 heterocycles. The molecule has 7 N–H and O–H groups in total.